The predicted octanol–water partition coefficient (Wildman–Crippen LogP) is 3.53. The molecule has 0 bridgehead atoms. The van der Waals surface area contributed by atoms with Gasteiger partial charge in [-0.3, -0.25) is 0 Å². The smallest absolute Gasteiger partial charge is 0.338 e. The van der Waals surface area contributed by atoms with Gasteiger partial charge in [0.1, 0.15) is 12.4 Å². The average molecular weight is 324 g/mol. The second-order valence-electron chi connectivity index (χ2n) is 3.91. The van der Waals surface area contributed by atoms with Crippen LogP contribution in [0.2, 0.25) is 0 Å². The Labute approximate surface area is 118 Å². The monoisotopic (exact) mass is 323 g/mol. The molecule has 2 aromatic rings. The highest BCUT2D eigenvalue weighted by Crippen LogP contribution is 2.21. The third-order valence-corrected chi connectivity index (χ3v) is 3.40. The lowest BCUT2D eigenvalue weighted by Crippen LogP contribution is -2.06. The molecule has 0 heterocycles. The Morgan fingerprint density at radius 2 is 2.00 bits per heavy atom. The van der Waals surface area contributed by atoms with Crippen LogP contribution in [0.1, 0.15) is 15.9 Å². The summed E-state index contributed by atoms with van der Waals surface area (Å²) in [4.78, 5) is 11.8. The zero-order valence-corrected chi connectivity index (χ0v) is 11.5. The number of hydrogen-bond acceptors (Lipinski definition) is 3. The highest BCUT2D eigenvalue weighted by molar-refractivity contribution is 9.10. The van der Waals surface area contributed by atoms with Crippen LogP contribution in [0.25, 0.3) is 0 Å². The highest BCUT2D eigenvalue weighted by Gasteiger charge is 2.10. The third-order valence-electron chi connectivity index (χ3n) is 2.51. The van der Waals surface area contributed by atoms with E-state index in [4.69, 9.17) is 10.5 Å². The molecule has 0 spiro atoms. The topological polar surface area (TPSA) is 52.3 Å². The van der Waals surface area contributed by atoms with Crippen molar-refractivity contribution >= 4 is 27.6 Å². The first kappa shape index (κ1) is 13.5. The summed E-state index contributed by atoms with van der Waals surface area (Å²) in [6.07, 6.45) is 0. The normalized spacial score (nSPS) is 10.2. The molecule has 0 saturated heterocycles. The van der Waals surface area contributed by atoms with Gasteiger partial charge in [-0.1, -0.05) is 18.2 Å². The number of ether oxygens (including phenoxy) is 1. The van der Waals surface area contributed by atoms with E-state index in [2.05, 4.69) is 15.9 Å². The maximum absolute atomic E-state index is 13.3. The van der Waals surface area contributed by atoms with Crippen molar-refractivity contribution in [1.82, 2.24) is 0 Å². The van der Waals surface area contributed by atoms with Gasteiger partial charge in [0.2, 0.25) is 0 Å². The van der Waals surface area contributed by atoms with Crippen LogP contribution in [0.3, 0.4) is 0 Å². The second-order valence-corrected chi connectivity index (χ2v) is 4.71. The molecule has 0 aromatic heterocycles. The Morgan fingerprint density at radius 3 is 2.74 bits per heavy atom. The van der Waals surface area contributed by atoms with E-state index >= 15 is 0 Å². The molecule has 5 heteroatoms. The van der Waals surface area contributed by atoms with Crippen molar-refractivity contribution in [2.75, 3.05) is 5.73 Å². The van der Waals surface area contributed by atoms with Gasteiger partial charge < -0.3 is 10.5 Å². The van der Waals surface area contributed by atoms with Gasteiger partial charge in [0.25, 0.3) is 0 Å². The van der Waals surface area contributed by atoms with Crippen LogP contribution in [0.4, 0.5) is 10.1 Å². The molecule has 0 atom stereocenters. The van der Waals surface area contributed by atoms with Gasteiger partial charge in [-0.2, -0.15) is 0 Å². The number of nitrogens with two attached hydrogens (primary N) is 1. The van der Waals surface area contributed by atoms with Crippen molar-refractivity contribution in [1.29, 1.82) is 0 Å². The fraction of sp³-hybridized carbons (Fsp3) is 0.0714. The van der Waals surface area contributed by atoms with Crippen LogP contribution >= 0.6 is 15.9 Å². The lowest BCUT2D eigenvalue weighted by molar-refractivity contribution is 0.0471. The van der Waals surface area contributed by atoms with Gasteiger partial charge in [-0.15, -0.1) is 0 Å². The SMILES string of the molecule is Nc1cccc(C(=O)OCc2cccc(F)c2Br)c1. The van der Waals surface area contributed by atoms with E-state index in [1.165, 1.54) is 12.1 Å². The summed E-state index contributed by atoms with van der Waals surface area (Å²) in [6.45, 7) is -0.00796. The fourth-order valence-electron chi connectivity index (χ4n) is 1.55. The molecule has 0 saturated carbocycles. The summed E-state index contributed by atoms with van der Waals surface area (Å²) >= 11 is 3.11. The van der Waals surface area contributed by atoms with Crippen LogP contribution < -0.4 is 5.73 Å². The summed E-state index contributed by atoms with van der Waals surface area (Å²) in [5.41, 5.74) is 7.01. The van der Waals surface area contributed by atoms with Crippen LogP contribution in [0, 0.1) is 5.82 Å². The summed E-state index contributed by atoms with van der Waals surface area (Å²) in [7, 11) is 0. The Hall–Kier alpha value is -1.88. The first-order chi connectivity index (χ1) is 9.08. The number of carbonyl (C=O) groups excluding carboxylic acids is 1. The molecule has 3 nitrogen and oxygen atoms in total. The lowest BCUT2D eigenvalue weighted by Gasteiger charge is -2.07. The van der Waals surface area contributed by atoms with Gasteiger partial charge in [0.15, 0.2) is 0 Å². The number of esters is 1. The minimum atomic E-state index is -0.497. The van der Waals surface area contributed by atoms with Gasteiger partial charge in [0, 0.05) is 11.3 Å². The number of hydrogen-bond donors (Lipinski definition) is 1. The van der Waals surface area contributed by atoms with E-state index in [-0.39, 0.29) is 6.61 Å². The van der Waals surface area contributed by atoms with Gasteiger partial charge in [-0.05, 0) is 40.2 Å². The van der Waals surface area contributed by atoms with E-state index in [9.17, 15) is 9.18 Å². The zero-order chi connectivity index (χ0) is 13.8. The van der Waals surface area contributed by atoms with E-state index in [1.54, 1.807) is 30.3 Å². The minimum absolute atomic E-state index is 0.00796. The molecule has 0 amide bonds. The first-order valence-electron chi connectivity index (χ1n) is 5.53. The van der Waals surface area contributed by atoms with Crippen LogP contribution in [-0.4, -0.2) is 5.97 Å². The molecule has 2 aromatic carbocycles. The van der Waals surface area contributed by atoms with E-state index < -0.39 is 11.8 Å². The molecular formula is C14H11BrFNO2. The number of halogens is 2. The van der Waals surface area contributed by atoms with Gasteiger partial charge in [-0.25, -0.2) is 9.18 Å². The number of rotatable bonds is 3. The Morgan fingerprint density at radius 1 is 1.26 bits per heavy atom. The third kappa shape index (κ3) is 3.32. The van der Waals surface area contributed by atoms with Crippen molar-refractivity contribution in [2.24, 2.45) is 0 Å². The summed E-state index contributed by atoms with van der Waals surface area (Å²) in [5.74, 6) is -0.888. The summed E-state index contributed by atoms with van der Waals surface area (Å²) < 4.78 is 18.7. The Balaban J connectivity index is 2.07. The predicted molar refractivity (Wildman–Crippen MR) is 74.1 cm³/mol. The highest BCUT2D eigenvalue weighted by atomic mass is 79.9. The van der Waals surface area contributed by atoms with Gasteiger partial charge in [0.05, 0.1) is 10.0 Å². The quantitative estimate of drug-likeness (QED) is 0.694. The lowest BCUT2D eigenvalue weighted by atomic mass is 10.2. The number of benzene rings is 2. The molecular weight excluding hydrogens is 313 g/mol. The molecule has 2 N–H and O–H groups in total. The first-order valence-corrected chi connectivity index (χ1v) is 6.33. The molecule has 0 aliphatic heterocycles. The summed E-state index contributed by atoms with van der Waals surface area (Å²) in [5, 5.41) is 0. The molecule has 98 valence electrons. The molecule has 2 rings (SSSR count). The average Bonchev–Trinajstić information content (AvgIpc) is 2.40. The van der Waals surface area contributed by atoms with Crippen LogP contribution in [0.5, 0.6) is 0 Å². The van der Waals surface area contributed by atoms with Crippen LogP contribution in [0.15, 0.2) is 46.9 Å². The molecule has 0 fully saturated rings. The Bertz CT molecular complexity index is 616. The van der Waals surface area contributed by atoms with E-state index in [1.807, 2.05) is 0 Å². The van der Waals surface area contributed by atoms with Crippen molar-refractivity contribution in [3.05, 3.63) is 63.9 Å². The van der Waals surface area contributed by atoms with Crippen molar-refractivity contribution in [3.63, 3.8) is 0 Å². The molecule has 0 radical (unpaired) electrons. The van der Waals surface area contributed by atoms with Gasteiger partial charge >= 0.3 is 5.97 Å². The molecule has 0 aliphatic rings. The largest absolute Gasteiger partial charge is 0.457 e. The van der Waals surface area contributed by atoms with Crippen molar-refractivity contribution < 1.29 is 13.9 Å². The van der Waals surface area contributed by atoms with Crippen molar-refractivity contribution in [3.8, 4) is 0 Å². The zero-order valence-electron chi connectivity index (χ0n) is 9.90. The maximum Gasteiger partial charge on any atom is 0.338 e. The van der Waals surface area contributed by atoms with E-state index in [0.717, 1.165) is 0 Å². The molecule has 0 unspecified atom stereocenters. The molecule has 0 aliphatic carbocycles. The number of anilines is 1. The van der Waals surface area contributed by atoms with Crippen molar-refractivity contribution in [2.45, 2.75) is 6.61 Å². The maximum atomic E-state index is 13.3. The fourth-order valence-corrected chi connectivity index (χ4v) is 1.93. The number of nitrogen functional groups attached to an aromatic ring is 1. The summed E-state index contributed by atoms with van der Waals surface area (Å²) in [6, 6.07) is 11.1. The standard InChI is InChI=1S/C14H11BrFNO2/c15-13-10(4-2-6-12(13)16)8-19-14(18)9-3-1-5-11(17)7-9/h1-7H,8,17H2. The second kappa shape index (κ2) is 5.84. The molecule has 19 heavy (non-hydrogen) atoms. The number of carbonyl (C=O) groups is 1. The Kier molecular flexibility index (Phi) is 4.16. The van der Waals surface area contributed by atoms with E-state index in [0.29, 0.717) is 21.3 Å². The van der Waals surface area contributed by atoms with Crippen LogP contribution in [-0.2, 0) is 11.3 Å². The minimum Gasteiger partial charge on any atom is -0.457 e.